The molecule has 2 aromatic carbocycles. The minimum absolute atomic E-state index is 0.0963. The topological polar surface area (TPSA) is 9.23 Å². The van der Waals surface area contributed by atoms with Gasteiger partial charge in [-0.25, -0.2) is 0 Å². The van der Waals surface area contributed by atoms with Crippen LogP contribution in [0.2, 0.25) is 0 Å². The van der Waals surface area contributed by atoms with Crippen molar-refractivity contribution in [3.63, 3.8) is 0 Å². The summed E-state index contributed by atoms with van der Waals surface area (Å²) in [5, 5.41) is -0.193. The van der Waals surface area contributed by atoms with Crippen LogP contribution < -0.4 is 0 Å². The Morgan fingerprint density at radius 1 is 0.760 bits per heavy atom. The summed E-state index contributed by atoms with van der Waals surface area (Å²) in [6, 6.07) is 16.1. The molecule has 0 spiro atoms. The van der Waals surface area contributed by atoms with Crippen LogP contribution in [0.1, 0.15) is 35.7 Å². The molecule has 0 aliphatic rings. The Kier molecular flexibility index (Phi) is 8.77. The molecule has 2 rings (SSSR count). The first-order valence-corrected chi connectivity index (χ1v) is 10.7. The molecule has 0 aliphatic carbocycles. The third-order valence-electron chi connectivity index (χ3n) is 4.17. The average Bonchev–Trinajstić information content (AvgIpc) is 2.61. The van der Waals surface area contributed by atoms with Gasteiger partial charge in [-0.1, -0.05) is 82.1 Å². The molecule has 0 fully saturated rings. The number of halogens is 4. The highest BCUT2D eigenvalue weighted by Gasteiger charge is 2.22. The molecule has 0 aliphatic heterocycles. The molecule has 0 amide bonds. The van der Waals surface area contributed by atoms with Gasteiger partial charge >= 0.3 is 0 Å². The summed E-state index contributed by atoms with van der Waals surface area (Å²) >= 11 is 20.4. The van der Waals surface area contributed by atoms with E-state index in [1.165, 1.54) is 0 Å². The maximum absolute atomic E-state index is 6.61. The monoisotopic (exact) mass is 506 g/mol. The summed E-state index contributed by atoms with van der Waals surface area (Å²) in [6.07, 6.45) is 0. The largest absolute Gasteiger partial charge is 0.381 e. The lowest BCUT2D eigenvalue weighted by atomic mass is 10.0. The lowest BCUT2D eigenvalue weighted by Gasteiger charge is -2.23. The predicted molar refractivity (Wildman–Crippen MR) is 115 cm³/mol. The number of hydrogen-bond acceptors (Lipinski definition) is 1. The van der Waals surface area contributed by atoms with Crippen molar-refractivity contribution in [2.45, 2.75) is 24.6 Å². The maximum Gasteiger partial charge on any atom is 0.0643 e. The summed E-state index contributed by atoms with van der Waals surface area (Å²) in [7, 11) is 0. The predicted octanol–water partition coefficient (Wildman–Crippen LogP) is 7.76. The van der Waals surface area contributed by atoms with E-state index in [1.807, 2.05) is 48.5 Å². The Morgan fingerprint density at radius 3 is 1.48 bits per heavy atom. The highest BCUT2D eigenvalue weighted by atomic mass is 79.9. The van der Waals surface area contributed by atoms with E-state index in [-0.39, 0.29) is 22.6 Å². The Bertz CT molecular complexity index is 623. The first kappa shape index (κ1) is 21.2. The molecule has 4 atom stereocenters. The molecule has 25 heavy (non-hydrogen) atoms. The van der Waals surface area contributed by atoms with E-state index in [0.717, 1.165) is 20.1 Å². The van der Waals surface area contributed by atoms with E-state index < -0.39 is 0 Å². The molecule has 2 unspecified atom stereocenters. The summed E-state index contributed by atoms with van der Waals surface area (Å²) in [5.74, 6) is 0.398. The Morgan fingerprint density at radius 2 is 1.12 bits per heavy atom. The first-order chi connectivity index (χ1) is 11.9. The molecule has 0 aromatic heterocycles. The quantitative estimate of drug-likeness (QED) is 0.331. The fraction of sp³-hybridized carbons (Fsp3) is 0.400. The smallest absolute Gasteiger partial charge is 0.0643 e. The van der Waals surface area contributed by atoms with Crippen molar-refractivity contribution in [2.75, 3.05) is 13.2 Å². The van der Waals surface area contributed by atoms with Gasteiger partial charge in [0.2, 0.25) is 0 Å². The normalized spacial score (nSPS) is 16.2. The SMILES string of the molecule is C[C@H](COC[C@@H](C)C(Cl)c1ccccc1Br)C(Cl)c1ccccc1Br. The third kappa shape index (κ3) is 5.97. The van der Waals surface area contributed by atoms with Crippen LogP contribution in [0.25, 0.3) is 0 Å². The second-order valence-corrected chi connectivity index (χ2v) is 8.99. The zero-order valence-corrected chi connectivity index (χ0v) is 18.9. The minimum Gasteiger partial charge on any atom is -0.381 e. The van der Waals surface area contributed by atoms with Crippen molar-refractivity contribution in [3.05, 3.63) is 68.6 Å². The van der Waals surface area contributed by atoms with Gasteiger partial charge in [-0.05, 0) is 35.1 Å². The van der Waals surface area contributed by atoms with Crippen molar-refractivity contribution in [1.82, 2.24) is 0 Å². The van der Waals surface area contributed by atoms with E-state index in [0.29, 0.717) is 13.2 Å². The number of hydrogen-bond donors (Lipinski definition) is 0. The van der Waals surface area contributed by atoms with Gasteiger partial charge in [-0.15, -0.1) is 23.2 Å². The average molecular weight is 509 g/mol. The number of alkyl halides is 2. The molecule has 0 saturated heterocycles. The number of rotatable bonds is 8. The van der Waals surface area contributed by atoms with Gasteiger partial charge in [0.15, 0.2) is 0 Å². The van der Waals surface area contributed by atoms with Gasteiger partial charge in [-0.2, -0.15) is 0 Å². The summed E-state index contributed by atoms with van der Waals surface area (Å²) in [4.78, 5) is 0. The molecule has 2 aromatic rings. The van der Waals surface area contributed by atoms with Gasteiger partial charge in [0.25, 0.3) is 0 Å². The molecule has 0 bridgehead atoms. The van der Waals surface area contributed by atoms with Crippen molar-refractivity contribution < 1.29 is 4.74 Å². The van der Waals surface area contributed by atoms with E-state index in [1.54, 1.807) is 0 Å². The molecule has 136 valence electrons. The van der Waals surface area contributed by atoms with Crippen LogP contribution in [0.15, 0.2) is 57.5 Å². The Hall–Kier alpha value is -0.0600. The molecule has 0 radical (unpaired) electrons. The molecular weight excluding hydrogens is 487 g/mol. The Balaban J connectivity index is 1.85. The lowest BCUT2D eigenvalue weighted by Crippen LogP contribution is -2.17. The van der Waals surface area contributed by atoms with Gasteiger partial charge in [0.1, 0.15) is 0 Å². The van der Waals surface area contributed by atoms with E-state index >= 15 is 0 Å². The minimum atomic E-state index is -0.0963. The highest BCUT2D eigenvalue weighted by Crippen LogP contribution is 2.36. The van der Waals surface area contributed by atoms with Gasteiger partial charge < -0.3 is 4.74 Å². The van der Waals surface area contributed by atoms with Crippen LogP contribution in [0.3, 0.4) is 0 Å². The van der Waals surface area contributed by atoms with Crippen LogP contribution in [0.5, 0.6) is 0 Å². The van der Waals surface area contributed by atoms with Crippen molar-refractivity contribution in [1.29, 1.82) is 0 Å². The highest BCUT2D eigenvalue weighted by molar-refractivity contribution is 9.10. The van der Waals surface area contributed by atoms with Crippen molar-refractivity contribution >= 4 is 55.1 Å². The van der Waals surface area contributed by atoms with E-state index in [2.05, 4.69) is 45.7 Å². The van der Waals surface area contributed by atoms with Crippen LogP contribution in [-0.4, -0.2) is 13.2 Å². The molecule has 5 heteroatoms. The second-order valence-electron chi connectivity index (χ2n) is 6.34. The van der Waals surface area contributed by atoms with Gasteiger partial charge in [-0.3, -0.25) is 0 Å². The standard InChI is InChI=1S/C20H22Br2Cl2O/c1-13(19(23)15-7-3-5-9-17(15)21)11-25-12-14(2)20(24)16-8-4-6-10-18(16)22/h3-10,13-14,19-20H,11-12H2,1-2H3/t13-,14-,19?,20?/m1/s1. The third-order valence-corrected chi connectivity index (χ3v) is 6.94. The fourth-order valence-electron chi connectivity index (χ4n) is 2.62. The fourth-order valence-corrected chi connectivity index (χ4v) is 4.47. The second kappa shape index (κ2) is 10.3. The van der Waals surface area contributed by atoms with Gasteiger partial charge in [0, 0.05) is 8.95 Å². The first-order valence-electron chi connectivity index (χ1n) is 8.26. The zero-order chi connectivity index (χ0) is 18.4. The molecule has 0 saturated carbocycles. The van der Waals surface area contributed by atoms with Gasteiger partial charge in [0.05, 0.1) is 24.0 Å². The lowest BCUT2D eigenvalue weighted by molar-refractivity contribution is 0.0774. The molecule has 0 heterocycles. The molecule has 0 N–H and O–H groups in total. The Labute approximate surface area is 177 Å². The van der Waals surface area contributed by atoms with Crippen LogP contribution in [0, 0.1) is 11.8 Å². The maximum atomic E-state index is 6.61. The summed E-state index contributed by atoms with van der Waals surface area (Å²) in [5.41, 5.74) is 2.19. The molecule has 1 nitrogen and oxygen atoms in total. The van der Waals surface area contributed by atoms with E-state index in [9.17, 15) is 0 Å². The van der Waals surface area contributed by atoms with Crippen molar-refractivity contribution in [3.8, 4) is 0 Å². The summed E-state index contributed by atoms with van der Waals surface area (Å²) in [6.45, 7) is 5.40. The van der Waals surface area contributed by atoms with Crippen LogP contribution >= 0.6 is 55.1 Å². The number of ether oxygens (including phenoxy) is 1. The molecular formula is C20H22Br2Cl2O. The number of benzene rings is 2. The zero-order valence-electron chi connectivity index (χ0n) is 14.3. The van der Waals surface area contributed by atoms with E-state index in [4.69, 9.17) is 27.9 Å². The van der Waals surface area contributed by atoms with Crippen molar-refractivity contribution in [2.24, 2.45) is 11.8 Å². The summed E-state index contributed by atoms with van der Waals surface area (Å²) < 4.78 is 7.99. The van der Waals surface area contributed by atoms with Crippen LogP contribution in [-0.2, 0) is 4.74 Å². The van der Waals surface area contributed by atoms with Crippen LogP contribution in [0.4, 0.5) is 0 Å².